The van der Waals surface area contributed by atoms with Crippen molar-refractivity contribution in [1.82, 2.24) is 4.90 Å². The van der Waals surface area contributed by atoms with Crippen LogP contribution in [-0.2, 0) is 17.8 Å². The highest BCUT2D eigenvalue weighted by Crippen LogP contribution is 2.34. The molecule has 0 aliphatic carbocycles. The van der Waals surface area contributed by atoms with E-state index >= 15 is 0 Å². The molecule has 0 bridgehead atoms. The Labute approximate surface area is 189 Å². The van der Waals surface area contributed by atoms with Crippen molar-refractivity contribution in [3.05, 3.63) is 106 Å². The Morgan fingerprint density at radius 3 is 2.55 bits per heavy atom. The minimum Gasteiger partial charge on any atom is -0.478 e. The zero-order valence-corrected chi connectivity index (χ0v) is 17.7. The summed E-state index contributed by atoms with van der Waals surface area (Å²) < 4.78 is 5.36. The topological polar surface area (TPSA) is 117 Å². The van der Waals surface area contributed by atoms with Gasteiger partial charge in [0.1, 0.15) is 17.5 Å². The highest BCUT2D eigenvalue weighted by Gasteiger charge is 2.35. The zero-order chi connectivity index (χ0) is 23.5. The molecule has 3 aromatic rings. The smallest absolute Gasteiger partial charge is 0.335 e. The Balaban J connectivity index is 1.75. The van der Waals surface area contributed by atoms with Crippen LogP contribution in [0.4, 0.5) is 11.4 Å². The van der Waals surface area contributed by atoms with Crippen LogP contribution in [0.5, 0.6) is 0 Å². The quantitative estimate of drug-likeness (QED) is 0.427. The molecule has 1 atom stereocenters. The van der Waals surface area contributed by atoms with E-state index in [1.807, 2.05) is 31.2 Å². The summed E-state index contributed by atoms with van der Waals surface area (Å²) in [7, 11) is 0. The fraction of sp³-hybridized carbons (Fsp3) is 0.167. The van der Waals surface area contributed by atoms with Gasteiger partial charge in [0.25, 0.3) is 5.69 Å². The summed E-state index contributed by atoms with van der Waals surface area (Å²) in [6, 6.07) is 14.1. The molecule has 168 valence electrons. The van der Waals surface area contributed by atoms with Gasteiger partial charge in [-0.1, -0.05) is 29.8 Å². The molecule has 0 saturated carbocycles. The minimum absolute atomic E-state index is 0.143. The molecule has 4 rings (SSSR count). The average molecular weight is 447 g/mol. The van der Waals surface area contributed by atoms with Crippen LogP contribution in [0, 0.1) is 17.0 Å². The molecular formula is C24H21N3O6. The lowest BCUT2D eigenvalue weighted by molar-refractivity contribution is -0.384. The van der Waals surface area contributed by atoms with Crippen LogP contribution in [0.25, 0.3) is 0 Å². The van der Waals surface area contributed by atoms with Crippen LogP contribution < -0.4 is 4.90 Å². The number of benzene rings is 2. The summed E-state index contributed by atoms with van der Waals surface area (Å²) in [6.45, 7) is 2.18. The van der Waals surface area contributed by atoms with Crippen molar-refractivity contribution in [2.24, 2.45) is 0 Å². The number of aryl methyl sites for hydroxylation is 1. The lowest BCUT2D eigenvalue weighted by Crippen LogP contribution is -2.49. The number of nitro groups is 1. The fourth-order valence-corrected chi connectivity index (χ4v) is 3.74. The third-order valence-corrected chi connectivity index (χ3v) is 5.46. The summed E-state index contributed by atoms with van der Waals surface area (Å²) >= 11 is 0. The van der Waals surface area contributed by atoms with E-state index in [2.05, 4.69) is 0 Å². The molecule has 0 saturated heterocycles. The van der Waals surface area contributed by atoms with Crippen LogP contribution in [0.2, 0.25) is 0 Å². The average Bonchev–Trinajstić information content (AvgIpc) is 3.31. The maximum Gasteiger partial charge on any atom is 0.335 e. The van der Waals surface area contributed by atoms with Gasteiger partial charge in [-0.15, -0.1) is 0 Å². The number of amides is 1. The van der Waals surface area contributed by atoms with Gasteiger partial charge in [0.15, 0.2) is 0 Å². The van der Waals surface area contributed by atoms with E-state index < -0.39 is 16.9 Å². The van der Waals surface area contributed by atoms with Gasteiger partial charge in [0.05, 0.1) is 23.3 Å². The molecule has 1 amide bonds. The second-order valence-electron chi connectivity index (χ2n) is 7.72. The van der Waals surface area contributed by atoms with Crippen LogP contribution in [0.15, 0.2) is 77.7 Å². The lowest BCUT2D eigenvalue weighted by atomic mass is 10.00. The van der Waals surface area contributed by atoms with E-state index in [9.17, 15) is 24.8 Å². The monoisotopic (exact) mass is 447 g/mol. The largest absolute Gasteiger partial charge is 0.478 e. The summed E-state index contributed by atoms with van der Waals surface area (Å²) in [5.41, 5.74) is 1.52. The molecule has 0 radical (unpaired) electrons. The molecular weight excluding hydrogens is 426 g/mol. The molecule has 0 fully saturated rings. The maximum absolute atomic E-state index is 13.5. The molecule has 1 aromatic heterocycles. The Bertz CT molecular complexity index is 1220. The van der Waals surface area contributed by atoms with Gasteiger partial charge in [0.2, 0.25) is 5.91 Å². The van der Waals surface area contributed by atoms with Crippen molar-refractivity contribution in [3.63, 3.8) is 0 Å². The molecule has 33 heavy (non-hydrogen) atoms. The number of hydrogen-bond donors (Lipinski definition) is 1. The zero-order valence-electron chi connectivity index (χ0n) is 17.7. The van der Waals surface area contributed by atoms with Crippen molar-refractivity contribution in [2.45, 2.75) is 25.9 Å². The van der Waals surface area contributed by atoms with Crippen LogP contribution in [-0.4, -0.2) is 32.8 Å². The molecule has 1 aliphatic heterocycles. The third-order valence-electron chi connectivity index (χ3n) is 5.46. The van der Waals surface area contributed by atoms with Crippen LogP contribution in [0.3, 0.4) is 0 Å². The SMILES string of the molecule is Cc1ccc(C[C@H]2C(=O)N(Cc3ccco3)C=CN2c2ccc(C(=O)O)cc2[N+](=O)[O-])cc1. The first-order chi connectivity index (χ1) is 15.8. The van der Waals surface area contributed by atoms with Crippen molar-refractivity contribution >= 4 is 23.3 Å². The Hall–Kier alpha value is -4.40. The summed E-state index contributed by atoms with van der Waals surface area (Å²) in [6.07, 6.45) is 4.98. The van der Waals surface area contributed by atoms with E-state index in [0.717, 1.165) is 17.2 Å². The number of hydrogen-bond acceptors (Lipinski definition) is 6. The number of nitro benzene ring substituents is 1. The fourth-order valence-electron chi connectivity index (χ4n) is 3.74. The highest BCUT2D eigenvalue weighted by molar-refractivity contribution is 5.92. The second kappa shape index (κ2) is 8.99. The predicted molar refractivity (Wildman–Crippen MR) is 120 cm³/mol. The third kappa shape index (κ3) is 4.62. The number of carboxylic acid groups (broad SMARTS) is 1. The van der Waals surface area contributed by atoms with Gasteiger partial charge in [-0.05, 0) is 36.8 Å². The molecule has 9 nitrogen and oxygen atoms in total. The van der Waals surface area contributed by atoms with E-state index in [0.29, 0.717) is 12.2 Å². The van der Waals surface area contributed by atoms with Crippen molar-refractivity contribution in [2.75, 3.05) is 4.90 Å². The number of nitrogens with zero attached hydrogens (tertiary/aromatic N) is 3. The second-order valence-corrected chi connectivity index (χ2v) is 7.72. The van der Waals surface area contributed by atoms with Gasteiger partial charge >= 0.3 is 5.97 Å². The van der Waals surface area contributed by atoms with E-state index in [1.54, 1.807) is 24.5 Å². The number of aromatic carboxylic acids is 1. The van der Waals surface area contributed by atoms with Crippen molar-refractivity contribution in [3.8, 4) is 0 Å². The van der Waals surface area contributed by atoms with Gasteiger partial charge in [-0.3, -0.25) is 14.9 Å². The molecule has 1 N–H and O–H groups in total. The van der Waals surface area contributed by atoms with Gasteiger partial charge in [-0.25, -0.2) is 4.79 Å². The van der Waals surface area contributed by atoms with Gasteiger partial charge in [-0.2, -0.15) is 0 Å². The number of carboxylic acids is 1. The van der Waals surface area contributed by atoms with Crippen molar-refractivity contribution < 1.29 is 24.0 Å². The van der Waals surface area contributed by atoms with E-state index in [-0.39, 0.29) is 29.4 Å². The highest BCUT2D eigenvalue weighted by atomic mass is 16.6. The Morgan fingerprint density at radius 1 is 1.15 bits per heavy atom. The van der Waals surface area contributed by atoms with Gasteiger partial charge in [0, 0.05) is 24.9 Å². The van der Waals surface area contributed by atoms with Crippen LogP contribution >= 0.6 is 0 Å². The molecule has 1 aliphatic rings. The molecule has 2 aromatic carbocycles. The number of carbonyl (C=O) groups is 2. The number of furan rings is 1. The Kier molecular flexibility index (Phi) is 5.95. The molecule has 9 heteroatoms. The van der Waals surface area contributed by atoms with E-state index in [4.69, 9.17) is 4.42 Å². The number of anilines is 1. The molecule has 0 spiro atoms. The Morgan fingerprint density at radius 2 is 1.91 bits per heavy atom. The predicted octanol–water partition coefficient (Wildman–Crippen LogP) is 4.13. The summed E-state index contributed by atoms with van der Waals surface area (Å²) in [5, 5.41) is 21.0. The van der Waals surface area contributed by atoms with Crippen LogP contribution in [0.1, 0.15) is 27.2 Å². The molecule has 0 unspecified atom stereocenters. The molecule has 2 heterocycles. The maximum atomic E-state index is 13.5. The standard InChI is InChI=1S/C24H21N3O6/c1-16-4-6-17(7-5-16)13-22-23(28)25(15-19-3-2-12-33-19)10-11-26(22)20-9-8-18(24(29)30)14-21(20)27(31)32/h2-12,14,22H,13,15H2,1H3,(H,29,30)/t22-/m0/s1. The summed E-state index contributed by atoms with van der Waals surface area (Å²) in [5.74, 6) is -0.922. The summed E-state index contributed by atoms with van der Waals surface area (Å²) in [4.78, 5) is 39.0. The van der Waals surface area contributed by atoms with Crippen molar-refractivity contribution in [1.29, 1.82) is 0 Å². The first-order valence-corrected chi connectivity index (χ1v) is 10.2. The van der Waals surface area contributed by atoms with Gasteiger partial charge < -0.3 is 19.3 Å². The first-order valence-electron chi connectivity index (χ1n) is 10.2. The number of carbonyl (C=O) groups excluding carboxylic acids is 1. The normalized spacial score (nSPS) is 15.7. The minimum atomic E-state index is -1.27. The van der Waals surface area contributed by atoms with E-state index in [1.165, 1.54) is 28.2 Å². The lowest BCUT2D eigenvalue weighted by Gasteiger charge is -2.36. The first kappa shape index (κ1) is 21.8. The number of rotatable bonds is 7.